The van der Waals surface area contributed by atoms with Crippen molar-refractivity contribution in [2.75, 3.05) is 44.9 Å². The molecule has 4 saturated heterocycles. The number of para-hydroxylation sites is 1. The third kappa shape index (κ3) is 17.2. The van der Waals surface area contributed by atoms with Gasteiger partial charge in [-0.1, -0.05) is 43.5 Å². The molecule has 4 atom stereocenters. The lowest BCUT2D eigenvalue weighted by atomic mass is 9.97. The number of rotatable bonds is 15. The zero-order valence-electron chi connectivity index (χ0n) is 36.5. The van der Waals surface area contributed by atoms with E-state index in [9.17, 15) is 23.1 Å². The van der Waals surface area contributed by atoms with E-state index in [0.29, 0.717) is 49.8 Å². The minimum atomic E-state index is -4.75. The minimum Gasteiger partial charge on any atom is -0.486 e. The molecule has 0 radical (unpaired) electrons. The molecule has 14 nitrogen and oxygen atoms in total. The fraction of sp³-hybridized carbons (Fsp3) is 0.565. The van der Waals surface area contributed by atoms with Crippen LogP contribution in [0.15, 0.2) is 82.6 Å². The van der Waals surface area contributed by atoms with E-state index in [4.69, 9.17) is 33.4 Å². The second-order valence-electron chi connectivity index (χ2n) is 16.2. The van der Waals surface area contributed by atoms with Gasteiger partial charge in [0.25, 0.3) is 5.91 Å². The molecule has 4 aliphatic heterocycles. The van der Waals surface area contributed by atoms with Crippen LogP contribution in [-0.2, 0) is 28.7 Å². The summed E-state index contributed by atoms with van der Waals surface area (Å²) in [6, 6.07) is 20.5. The number of nitrogens with zero attached hydrogens (tertiary/aromatic N) is 2. The van der Waals surface area contributed by atoms with Crippen molar-refractivity contribution in [1.82, 2.24) is 14.1 Å². The number of carbonyl (C=O) groups excluding carboxylic acids is 2. The summed E-state index contributed by atoms with van der Waals surface area (Å²) in [6.45, 7) is 6.12. The smallest absolute Gasteiger partial charge is 0.486 e. The van der Waals surface area contributed by atoms with Gasteiger partial charge in [-0.3, -0.25) is 10.3 Å². The highest BCUT2D eigenvalue weighted by Gasteiger charge is 2.35. The fourth-order valence-electron chi connectivity index (χ4n) is 7.90. The number of aliphatic hydroxyl groups is 1. The van der Waals surface area contributed by atoms with Crippen LogP contribution in [0.25, 0.3) is 0 Å². The number of nitrogens with one attached hydrogen (secondary N) is 2. The van der Waals surface area contributed by atoms with Gasteiger partial charge in [-0.05, 0) is 124 Å². The topological polar surface area (TPSA) is 150 Å². The zero-order chi connectivity index (χ0) is 45.9. The number of alkyl halides is 3. The number of ether oxygens (including phenoxy) is 5. The van der Waals surface area contributed by atoms with Crippen LogP contribution in [0.2, 0.25) is 0 Å². The first-order valence-electron chi connectivity index (χ1n) is 22.4. The number of β-amino-alcohol motifs (C(OH)–C–C–N with tert-alkyl or cyclic N) is 1. The minimum absolute atomic E-state index is 0.220. The van der Waals surface area contributed by atoms with E-state index >= 15 is 0 Å². The molecule has 3 N–H and O–H groups in total. The van der Waals surface area contributed by atoms with Crippen molar-refractivity contribution in [1.29, 1.82) is 0 Å². The first-order valence-corrected chi connectivity index (χ1v) is 24.0. The summed E-state index contributed by atoms with van der Waals surface area (Å²) in [5, 5.41) is 10.4. The maximum Gasteiger partial charge on any atom is 0.573 e. The van der Waals surface area contributed by atoms with Crippen molar-refractivity contribution in [2.24, 2.45) is 0 Å². The highest BCUT2D eigenvalue weighted by atomic mass is 32.2. The van der Waals surface area contributed by atoms with Crippen molar-refractivity contribution in [2.45, 2.75) is 137 Å². The van der Waals surface area contributed by atoms with Gasteiger partial charge in [-0.2, -0.15) is 0 Å². The van der Waals surface area contributed by atoms with Gasteiger partial charge in [0.05, 0.1) is 23.5 Å². The van der Waals surface area contributed by atoms with E-state index in [0.717, 1.165) is 79.9 Å². The van der Waals surface area contributed by atoms with Gasteiger partial charge in [0.2, 0.25) is 0 Å². The molecule has 0 aromatic heterocycles. The highest BCUT2D eigenvalue weighted by molar-refractivity contribution is 7.97. The Balaban J connectivity index is 0.000000208. The van der Waals surface area contributed by atoms with Crippen molar-refractivity contribution in [3.63, 3.8) is 0 Å². The van der Waals surface area contributed by atoms with Crippen molar-refractivity contribution < 1.29 is 61.2 Å². The fourth-order valence-corrected chi connectivity index (χ4v) is 10.0. The molecule has 3 aromatic rings. The largest absolute Gasteiger partial charge is 0.573 e. The molecule has 358 valence electrons. The lowest BCUT2D eigenvalue weighted by molar-refractivity contribution is -0.274. The Labute approximate surface area is 387 Å². The van der Waals surface area contributed by atoms with Crippen LogP contribution in [0.1, 0.15) is 93.8 Å². The van der Waals surface area contributed by atoms with E-state index in [1.165, 1.54) is 68.3 Å². The molecule has 4 heterocycles. The standard InChI is InChI=1S/C23H34N2O4S.C22H25F3N2O5S.CH2O/c26-23(24-29-22-12-6-7-17-27-22)20-10-4-5-11-21(20)30-25-15-13-19(14-16-25)28-18-8-2-1-3-9-18;23-22(24,25)31-16-10-8-15(9-11-16)30-19-14-27(13-18(19)28)33-20-6-2-1-5-17(20)26-32-21-7-3-4-12-29-21;1-2/h4-5,10-11,18-19,22H,1-3,6-9,12-17H2,(H,24,26);1-2,5-6,8-11,18-19,21,26,28H,3-4,7,12-14H2;1H2. The summed E-state index contributed by atoms with van der Waals surface area (Å²) in [4.78, 5) is 33.7. The summed E-state index contributed by atoms with van der Waals surface area (Å²) in [7, 11) is 0. The predicted molar refractivity (Wildman–Crippen MR) is 240 cm³/mol. The average molecular weight is 951 g/mol. The first-order chi connectivity index (χ1) is 31.6. The van der Waals surface area contributed by atoms with Gasteiger partial charge in [0, 0.05) is 62.0 Å². The van der Waals surface area contributed by atoms with Crippen molar-refractivity contribution in [3.8, 4) is 11.5 Å². The summed E-state index contributed by atoms with van der Waals surface area (Å²) < 4.78 is 68.3. The molecule has 0 bridgehead atoms. The van der Waals surface area contributed by atoms with E-state index in [1.54, 1.807) is 11.9 Å². The highest BCUT2D eigenvalue weighted by Crippen LogP contribution is 2.35. The Kier molecular flexibility index (Phi) is 20.8. The quantitative estimate of drug-likeness (QED) is 0.0982. The Morgan fingerprint density at radius 2 is 1.28 bits per heavy atom. The Morgan fingerprint density at radius 1 is 0.692 bits per heavy atom. The number of amides is 1. The third-order valence-electron chi connectivity index (χ3n) is 11.2. The number of benzene rings is 3. The lowest BCUT2D eigenvalue weighted by Gasteiger charge is -2.34. The van der Waals surface area contributed by atoms with Crippen molar-refractivity contribution in [3.05, 3.63) is 78.4 Å². The van der Waals surface area contributed by atoms with Gasteiger partial charge in [-0.15, -0.1) is 13.2 Å². The summed E-state index contributed by atoms with van der Waals surface area (Å²) >= 11 is 3.12. The molecular weight excluding hydrogens is 890 g/mol. The van der Waals surface area contributed by atoms with E-state index < -0.39 is 18.6 Å². The molecule has 4 unspecified atom stereocenters. The Morgan fingerprint density at radius 3 is 1.94 bits per heavy atom. The lowest BCUT2D eigenvalue weighted by Crippen LogP contribution is -2.36. The predicted octanol–water partition coefficient (Wildman–Crippen LogP) is 9.10. The monoisotopic (exact) mass is 950 g/mol. The molecule has 0 spiro atoms. The molecule has 1 aliphatic carbocycles. The molecule has 8 rings (SSSR count). The summed E-state index contributed by atoms with van der Waals surface area (Å²) in [5.41, 5.74) is 6.99. The van der Waals surface area contributed by atoms with Crippen LogP contribution in [0, 0.1) is 0 Å². The number of hydroxylamine groups is 1. The molecule has 1 saturated carbocycles. The molecule has 3 aromatic carbocycles. The number of carbonyl (C=O) groups is 2. The van der Waals surface area contributed by atoms with Gasteiger partial charge in [0.1, 0.15) is 30.5 Å². The van der Waals surface area contributed by atoms with Gasteiger partial charge < -0.3 is 33.6 Å². The number of piperidine rings is 1. The van der Waals surface area contributed by atoms with Crippen LogP contribution in [0.4, 0.5) is 18.9 Å². The molecule has 65 heavy (non-hydrogen) atoms. The summed E-state index contributed by atoms with van der Waals surface area (Å²) in [6.07, 6.45) is 8.62. The van der Waals surface area contributed by atoms with Crippen LogP contribution in [-0.4, -0.2) is 109 Å². The second-order valence-corrected chi connectivity index (χ2v) is 18.4. The molecule has 5 fully saturated rings. The first kappa shape index (κ1) is 50.8. The number of anilines is 1. The van der Waals surface area contributed by atoms with Crippen molar-refractivity contribution >= 4 is 42.3 Å². The van der Waals surface area contributed by atoms with Crippen LogP contribution in [0.5, 0.6) is 11.5 Å². The number of aliphatic hydroxyl groups excluding tert-OH is 1. The van der Waals surface area contributed by atoms with E-state index in [2.05, 4.69) is 20.0 Å². The summed E-state index contributed by atoms with van der Waals surface area (Å²) in [5.74, 6) is -0.199. The second kappa shape index (κ2) is 26.6. The number of halogens is 3. The Hall–Kier alpha value is -3.63. The third-order valence-corrected chi connectivity index (χ3v) is 13.5. The van der Waals surface area contributed by atoms with Gasteiger partial charge >= 0.3 is 6.36 Å². The number of hydrogen-bond donors (Lipinski definition) is 3. The maximum atomic E-state index is 12.7. The van der Waals surface area contributed by atoms with E-state index in [1.807, 2.05) is 59.6 Å². The molecule has 5 aliphatic rings. The average Bonchev–Trinajstić information content (AvgIpc) is 3.67. The molecular formula is C46H61F3N4O10S2. The van der Waals surface area contributed by atoms with Crippen LogP contribution in [0.3, 0.4) is 0 Å². The van der Waals surface area contributed by atoms with Crippen LogP contribution < -0.4 is 20.4 Å². The zero-order valence-corrected chi connectivity index (χ0v) is 38.1. The van der Waals surface area contributed by atoms with E-state index in [-0.39, 0.29) is 24.2 Å². The number of hydrogen-bond acceptors (Lipinski definition) is 15. The van der Waals surface area contributed by atoms with Gasteiger partial charge in [-0.25, -0.2) is 23.8 Å². The van der Waals surface area contributed by atoms with Crippen LogP contribution >= 0.6 is 23.9 Å². The SMILES string of the molecule is C=O.O=C(NOC1CCCCO1)c1ccccc1SN1CCC(OC2CCCCC2)CC1.OC1CN(Sc2ccccc2NOC2CCCCO2)CC1Oc1ccc(OC(F)(F)F)cc1. The normalized spacial score (nSPS) is 23.6. The Bertz CT molecular complexity index is 1850. The molecule has 19 heteroatoms. The maximum absolute atomic E-state index is 12.7. The van der Waals surface area contributed by atoms with Gasteiger partial charge in [0.15, 0.2) is 12.6 Å². The molecule has 1 amide bonds.